The van der Waals surface area contributed by atoms with E-state index >= 15 is 0 Å². The molecule has 1 saturated carbocycles. The summed E-state index contributed by atoms with van der Waals surface area (Å²) >= 11 is 3.34. The highest BCUT2D eigenvalue weighted by Gasteiger charge is 2.56. The quantitative estimate of drug-likeness (QED) is 0.257. The van der Waals surface area contributed by atoms with E-state index < -0.39 is 6.04 Å². The second kappa shape index (κ2) is 9.53. The molecule has 1 saturated heterocycles. The number of hydrogen-bond acceptors (Lipinski definition) is 8. The van der Waals surface area contributed by atoms with Gasteiger partial charge in [-0.25, -0.2) is 15.0 Å². The maximum absolute atomic E-state index is 13.6. The first kappa shape index (κ1) is 25.1. The minimum atomic E-state index is -0.590. The van der Waals surface area contributed by atoms with Crippen LogP contribution >= 0.6 is 15.9 Å². The maximum Gasteiger partial charge on any atom is 0.248 e. The molecule has 1 aliphatic heterocycles. The van der Waals surface area contributed by atoms with Crippen LogP contribution in [-0.2, 0) is 16.1 Å². The Balaban J connectivity index is 1.27. The molecule has 0 spiro atoms. The molecule has 1 aromatic carbocycles. The Morgan fingerprint density at radius 2 is 1.87 bits per heavy atom. The third kappa shape index (κ3) is 4.65. The molecule has 39 heavy (non-hydrogen) atoms. The van der Waals surface area contributed by atoms with Crippen molar-refractivity contribution in [3.05, 3.63) is 58.6 Å². The number of likely N-dealkylation sites (tertiary alicyclic amines) is 1. The van der Waals surface area contributed by atoms with Crippen LogP contribution in [0.25, 0.3) is 22.0 Å². The number of halogens is 1. The number of amides is 2. The zero-order valence-corrected chi connectivity index (χ0v) is 22.8. The predicted octanol–water partition coefficient (Wildman–Crippen LogP) is 3.37. The lowest BCUT2D eigenvalue weighted by Gasteiger charge is -2.27. The van der Waals surface area contributed by atoms with Gasteiger partial charge in [-0.15, -0.1) is 0 Å². The lowest BCUT2D eigenvalue weighted by Crippen LogP contribution is -2.47. The smallest absolute Gasteiger partial charge is 0.248 e. The average Bonchev–Trinajstić information content (AvgIpc) is 3.41. The van der Waals surface area contributed by atoms with E-state index in [0.29, 0.717) is 33.7 Å². The summed E-state index contributed by atoms with van der Waals surface area (Å²) in [4.78, 5) is 53.5. The second-order valence-corrected chi connectivity index (χ2v) is 10.8. The van der Waals surface area contributed by atoms with E-state index in [4.69, 9.17) is 5.73 Å². The van der Waals surface area contributed by atoms with E-state index in [0.717, 1.165) is 23.1 Å². The van der Waals surface area contributed by atoms with Gasteiger partial charge in [-0.2, -0.15) is 5.10 Å². The number of nitrogens with two attached hydrogens (primary N) is 1. The van der Waals surface area contributed by atoms with E-state index in [9.17, 15) is 14.4 Å². The predicted molar refractivity (Wildman–Crippen MR) is 148 cm³/mol. The van der Waals surface area contributed by atoms with Crippen molar-refractivity contribution in [2.75, 3.05) is 11.1 Å². The highest BCUT2D eigenvalue weighted by atomic mass is 79.9. The molecule has 2 fully saturated rings. The van der Waals surface area contributed by atoms with E-state index in [2.05, 4.69) is 41.3 Å². The highest BCUT2D eigenvalue weighted by molar-refractivity contribution is 9.10. The lowest BCUT2D eigenvalue weighted by atomic mass is 10.0. The first-order valence-electron chi connectivity index (χ1n) is 12.5. The summed E-state index contributed by atoms with van der Waals surface area (Å²) in [5, 5.41) is 8.02. The molecule has 6 rings (SSSR count). The Labute approximate surface area is 231 Å². The van der Waals surface area contributed by atoms with Gasteiger partial charge in [-0.3, -0.25) is 19.1 Å². The molecular weight excluding hydrogens is 564 g/mol. The monoisotopic (exact) mass is 588 g/mol. The van der Waals surface area contributed by atoms with Crippen molar-refractivity contribution in [2.24, 2.45) is 5.92 Å². The summed E-state index contributed by atoms with van der Waals surface area (Å²) < 4.78 is 2.16. The van der Waals surface area contributed by atoms with Crippen molar-refractivity contribution in [1.29, 1.82) is 0 Å². The van der Waals surface area contributed by atoms with Gasteiger partial charge in [0.15, 0.2) is 5.78 Å². The van der Waals surface area contributed by atoms with Crippen molar-refractivity contribution >= 4 is 56.2 Å². The Hall–Kier alpha value is -4.19. The molecule has 3 atom stereocenters. The molecule has 0 bridgehead atoms. The number of pyridine rings is 1. The van der Waals surface area contributed by atoms with Crippen molar-refractivity contribution in [1.82, 2.24) is 29.6 Å². The zero-order valence-electron chi connectivity index (χ0n) is 21.3. The number of piperidine rings is 1. The minimum absolute atomic E-state index is 0.0380. The summed E-state index contributed by atoms with van der Waals surface area (Å²) in [6, 6.07) is 8.64. The third-order valence-electron chi connectivity index (χ3n) is 7.37. The summed E-state index contributed by atoms with van der Waals surface area (Å²) in [6.07, 6.45) is 4.72. The van der Waals surface area contributed by atoms with Gasteiger partial charge in [0.1, 0.15) is 28.7 Å². The van der Waals surface area contributed by atoms with E-state index in [1.165, 1.54) is 6.92 Å². The first-order valence-corrected chi connectivity index (χ1v) is 13.3. The number of nitrogens with zero attached hydrogens (tertiary/aromatic N) is 6. The Morgan fingerprint density at radius 1 is 1.10 bits per heavy atom. The third-order valence-corrected chi connectivity index (χ3v) is 7.82. The molecule has 4 aromatic rings. The number of nitrogen functional groups attached to an aromatic ring is 1. The van der Waals surface area contributed by atoms with Crippen LogP contribution in [0.4, 0.5) is 11.8 Å². The van der Waals surface area contributed by atoms with Crippen molar-refractivity contribution < 1.29 is 14.4 Å². The molecule has 12 heteroatoms. The Morgan fingerprint density at radius 3 is 2.62 bits per heavy atom. The fourth-order valence-corrected chi connectivity index (χ4v) is 5.63. The first-order chi connectivity index (χ1) is 18.7. The van der Waals surface area contributed by atoms with Crippen LogP contribution in [0.3, 0.4) is 0 Å². The van der Waals surface area contributed by atoms with Crippen LogP contribution in [0.5, 0.6) is 0 Å². The summed E-state index contributed by atoms with van der Waals surface area (Å²) in [5.41, 5.74) is 8.89. The van der Waals surface area contributed by atoms with Crippen LogP contribution < -0.4 is 11.1 Å². The summed E-state index contributed by atoms with van der Waals surface area (Å²) in [7, 11) is 0. The van der Waals surface area contributed by atoms with Gasteiger partial charge in [0, 0.05) is 36.3 Å². The fourth-order valence-electron chi connectivity index (χ4n) is 5.32. The molecule has 2 amide bonds. The van der Waals surface area contributed by atoms with Crippen molar-refractivity contribution in [2.45, 2.75) is 45.3 Å². The van der Waals surface area contributed by atoms with Crippen LogP contribution in [0.15, 0.2) is 47.3 Å². The van der Waals surface area contributed by atoms with E-state index in [-0.39, 0.29) is 41.8 Å². The topological polar surface area (TPSA) is 149 Å². The standard InChI is InChI=1S/C27H25BrN8O3/c1-13-3-6-22(28)32-25(13)33-26(39)21-9-16-8-20(16)36(21)23(38)12-35-19-5-4-15(17-10-30-27(29)31-11-17)7-18(19)24(34-35)14(2)37/h3-7,10-11,16,20-21H,8-9,12H2,1-2H3,(H2,29,30,31)(H,32,33,39)/t16-,20?,21+/m1/s1. The number of aryl methyl sites for hydroxylation is 1. The number of hydrogen-bond donors (Lipinski definition) is 2. The van der Waals surface area contributed by atoms with Gasteiger partial charge in [0.25, 0.3) is 0 Å². The minimum Gasteiger partial charge on any atom is -0.368 e. The number of anilines is 2. The Kier molecular flexibility index (Phi) is 6.13. The maximum atomic E-state index is 13.6. The normalized spacial score (nSPS) is 19.7. The molecule has 0 radical (unpaired) electrons. The van der Waals surface area contributed by atoms with Gasteiger partial charge in [-0.05, 0) is 70.9 Å². The van der Waals surface area contributed by atoms with Gasteiger partial charge in [0.2, 0.25) is 17.8 Å². The molecule has 3 N–H and O–H groups in total. The lowest BCUT2D eigenvalue weighted by molar-refractivity contribution is -0.138. The largest absolute Gasteiger partial charge is 0.368 e. The number of benzene rings is 1. The number of carbonyl (C=O) groups excluding carboxylic acids is 3. The number of fused-ring (bicyclic) bond motifs is 2. The summed E-state index contributed by atoms with van der Waals surface area (Å²) in [5.74, 6) is 0.269. The number of nitrogens with one attached hydrogen (secondary N) is 1. The second-order valence-electron chi connectivity index (χ2n) is 10.0. The SMILES string of the molecule is CC(=O)c1nn(CC(=O)N2C3C[C@@H]3C[C@H]2C(=O)Nc2nc(Br)ccc2C)c2ccc(-c3cnc(N)nc3)cc12. The van der Waals surface area contributed by atoms with Crippen LogP contribution in [0.2, 0.25) is 0 Å². The number of aromatic nitrogens is 5. The number of rotatable bonds is 6. The number of Topliss-reactive ketones (excluding diaryl/α,β-unsaturated/α-hetero) is 1. The summed E-state index contributed by atoms with van der Waals surface area (Å²) in [6.45, 7) is 3.22. The molecule has 1 unspecified atom stereocenters. The van der Waals surface area contributed by atoms with Gasteiger partial charge in [-0.1, -0.05) is 12.1 Å². The van der Waals surface area contributed by atoms with E-state index in [1.807, 2.05) is 37.3 Å². The van der Waals surface area contributed by atoms with Gasteiger partial charge in [0.05, 0.1) is 5.52 Å². The fraction of sp³-hybridized carbons (Fsp3) is 0.296. The van der Waals surface area contributed by atoms with Gasteiger partial charge < -0.3 is 16.0 Å². The van der Waals surface area contributed by atoms with Crippen molar-refractivity contribution in [3.63, 3.8) is 0 Å². The van der Waals surface area contributed by atoms with E-state index in [1.54, 1.807) is 22.0 Å². The Bertz CT molecular complexity index is 1650. The highest BCUT2D eigenvalue weighted by Crippen LogP contribution is 2.48. The molecule has 11 nitrogen and oxygen atoms in total. The average molecular weight is 589 g/mol. The number of ketones is 1. The number of carbonyl (C=O) groups is 3. The van der Waals surface area contributed by atoms with Gasteiger partial charge >= 0.3 is 0 Å². The van der Waals surface area contributed by atoms with Crippen LogP contribution in [0.1, 0.15) is 35.8 Å². The molecular formula is C27H25BrN8O3. The zero-order chi connectivity index (χ0) is 27.4. The molecule has 1 aliphatic carbocycles. The van der Waals surface area contributed by atoms with Crippen LogP contribution in [-0.4, -0.2) is 59.3 Å². The molecule has 198 valence electrons. The molecule has 3 aromatic heterocycles. The molecule has 4 heterocycles. The molecule has 2 aliphatic rings. The van der Waals surface area contributed by atoms with Crippen LogP contribution in [0, 0.1) is 12.8 Å². The van der Waals surface area contributed by atoms with Crippen molar-refractivity contribution in [3.8, 4) is 11.1 Å².